The molecule has 1 atom stereocenters. The van der Waals surface area contributed by atoms with Gasteiger partial charge in [-0.1, -0.05) is 25.1 Å². The number of likely N-dealkylation sites (tertiary alicyclic amines) is 1. The van der Waals surface area contributed by atoms with E-state index in [9.17, 15) is 9.59 Å². The van der Waals surface area contributed by atoms with E-state index < -0.39 is 6.04 Å². The van der Waals surface area contributed by atoms with E-state index in [1.165, 1.54) is 22.2 Å². The number of hydrogen-bond acceptors (Lipinski definition) is 4. The molecule has 1 aliphatic heterocycles. The lowest BCUT2D eigenvalue weighted by Gasteiger charge is -2.22. The fourth-order valence-corrected chi connectivity index (χ4v) is 4.76. The number of aromatic nitrogens is 2. The highest BCUT2D eigenvalue weighted by molar-refractivity contribution is 7.13. The van der Waals surface area contributed by atoms with Crippen molar-refractivity contribution in [3.63, 3.8) is 0 Å². The van der Waals surface area contributed by atoms with Gasteiger partial charge in [-0.15, -0.1) is 11.3 Å². The van der Waals surface area contributed by atoms with E-state index >= 15 is 0 Å². The normalized spacial score (nSPS) is 16.6. The number of fused-ring (bicyclic) bond motifs is 1. The third-order valence-electron chi connectivity index (χ3n) is 5.26. The minimum Gasteiger partial charge on any atom is -0.357 e. The quantitative estimate of drug-likeness (QED) is 0.717. The average Bonchev–Trinajstić information content (AvgIpc) is 3.45. The van der Waals surface area contributed by atoms with Crippen molar-refractivity contribution in [2.24, 2.45) is 0 Å². The Kier molecular flexibility index (Phi) is 5.17. The molecule has 6 nitrogen and oxygen atoms in total. The van der Waals surface area contributed by atoms with Gasteiger partial charge in [-0.3, -0.25) is 9.59 Å². The van der Waals surface area contributed by atoms with E-state index in [1.54, 1.807) is 11.9 Å². The van der Waals surface area contributed by atoms with Crippen molar-refractivity contribution in [2.75, 3.05) is 13.6 Å². The maximum absolute atomic E-state index is 13.0. The summed E-state index contributed by atoms with van der Waals surface area (Å²) in [6.07, 6.45) is 2.56. The molecule has 4 rings (SSSR count). The smallest absolute Gasteiger partial charge is 0.274 e. The molecule has 1 N–H and O–H groups in total. The van der Waals surface area contributed by atoms with Crippen molar-refractivity contribution >= 4 is 34.1 Å². The van der Waals surface area contributed by atoms with E-state index in [2.05, 4.69) is 40.0 Å². The van der Waals surface area contributed by atoms with Gasteiger partial charge >= 0.3 is 0 Å². The maximum atomic E-state index is 13.0. The van der Waals surface area contributed by atoms with Crippen molar-refractivity contribution in [3.8, 4) is 10.7 Å². The second-order valence-corrected chi connectivity index (χ2v) is 7.91. The van der Waals surface area contributed by atoms with E-state index in [1.807, 2.05) is 17.5 Å². The van der Waals surface area contributed by atoms with Crippen LogP contribution in [0.1, 0.15) is 36.7 Å². The van der Waals surface area contributed by atoms with Crippen LogP contribution in [0.4, 0.5) is 0 Å². The zero-order valence-corrected chi connectivity index (χ0v) is 17.0. The molecule has 0 aliphatic carbocycles. The van der Waals surface area contributed by atoms with Crippen molar-refractivity contribution in [1.82, 2.24) is 19.8 Å². The summed E-state index contributed by atoms with van der Waals surface area (Å²) in [7, 11) is 1.61. The highest BCUT2D eigenvalue weighted by Crippen LogP contribution is 2.31. The number of hydrogen-bond donors (Lipinski definition) is 1. The number of aryl methyl sites for hydroxylation is 1. The van der Waals surface area contributed by atoms with E-state index in [0.717, 1.165) is 30.1 Å². The molecule has 0 bridgehead atoms. The number of thiazole rings is 1. The molecule has 2 amide bonds. The Morgan fingerprint density at radius 1 is 1.32 bits per heavy atom. The average molecular weight is 397 g/mol. The fourth-order valence-electron chi connectivity index (χ4n) is 3.94. The summed E-state index contributed by atoms with van der Waals surface area (Å²) in [5, 5.41) is 6.48. The second-order valence-electron chi connectivity index (χ2n) is 7.05. The van der Waals surface area contributed by atoms with E-state index in [-0.39, 0.29) is 11.8 Å². The Labute approximate surface area is 168 Å². The monoisotopic (exact) mass is 396 g/mol. The molecule has 0 saturated carbocycles. The van der Waals surface area contributed by atoms with Gasteiger partial charge in [-0.05, 0) is 31.4 Å². The molecule has 1 aromatic carbocycles. The zero-order chi connectivity index (χ0) is 19.7. The van der Waals surface area contributed by atoms with Crippen molar-refractivity contribution in [1.29, 1.82) is 0 Å². The summed E-state index contributed by atoms with van der Waals surface area (Å²) in [4.78, 5) is 31.4. The van der Waals surface area contributed by atoms with E-state index in [0.29, 0.717) is 18.7 Å². The number of nitrogens with zero attached hydrogens (tertiary/aromatic N) is 3. The largest absolute Gasteiger partial charge is 0.357 e. The lowest BCUT2D eigenvalue weighted by atomic mass is 10.2. The zero-order valence-electron chi connectivity index (χ0n) is 16.1. The topological polar surface area (TPSA) is 67.2 Å². The highest BCUT2D eigenvalue weighted by Gasteiger charge is 2.35. The molecule has 3 aromatic rings. The third-order valence-corrected chi connectivity index (χ3v) is 6.13. The van der Waals surface area contributed by atoms with Crippen LogP contribution in [-0.4, -0.2) is 45.9 Å². The predicted molar refractivity (Wildman–Crippen MR) is 111 cm³/mol. The van der Waals surface area contributed by atoms with Crippen LogP contribution < -0.4 is 5.32 Å². The van der Waals surface area contributed by atoms with Gasteiger partial charge < -0.3 is 14.8 Å². The SMILES string of the molecule is CCCn1c(-c2nc(C(=O)N3CCCC3C(=O)NC)cs2)cc2ccccc21. The first-order valence-electron chi connectivity index (χ1n) is 9.70. The van der Waals surface area contributed by atoms with Crippen molar-refractivity contribution < 1.29 is 9.59 Å². The number of carbonyl (C=O) groups is 2. The summed E-state index contributed by atoms with van der Waals surface area (Å²) in [6, 6.07) is 10.0. The molecule has 7 heteroatoms. The molecule has 1 saturated heterocycles. The van der Waals surface area contributed by atoms with Gasteiger partial charge in [-0.2, -0.15) is 0 Å². The first-order valence-corrected chi connectivity index (χ1v) is 10.6. The summed E-state index contributed by atoms with van der Waals surface area (Å²) in [5.74, 6) is -0.267. The minimum atomic E-state index is -0.394. The third kappa shape index (κ3) is 3.20. The summed E-state index contributed by atoms with van der Waals surface area (Å²) in [5.41, 5.74) is 2.64. The van der Waals surface area contributed by atoms with Crippen LogP contribution in [0.5, 0.6) is 0 Å². The molecular weight excluding hydrogens is 372 g/mol. The lowest BCUT2D eigenvalue weighted by Crippen LogP contribution is -2.45. The van der Waals surface area contributed by atoms with Crippen molar-refractivity contribution in [2.45, 2.75) is 38.8 Å². The Balaban J connectivity index is 1.66. The first-order chi connectivity index (χ1) is 13.6. The summed E-state index contributed by atoms with van der Waals surface area (Å²) < 4.78 is 2.27. The maximum Gasteiger partial charge on any atom is 0.274 e. The Morgan fingerprint density at radius 2 is 2.14 bits per heavy atom. The molecule has 1 aliphatic rings. The Bertz CT molecular complexity index is 1020. The van der Waals surface area contributed by atoms with Gasteiger partial charge in [0.2, 0.25) is 5.91 Å². The number of para-hydroxylation sites is 1. The van der Waals surface area contributed by atoms with Gasteiger partial charge in [0.25, 0.3) is 5.91 Å². The molecule has 1 unspecified atom stereocenters. The standard InChI is InChI=1S/C21H24N4O2S/c1-3-10-24-16-8-5-4-7-14(16)12-18(24)20-23-15(13-28-20)21(27)25-11-6-9-17(25)19(26)22-2/h4-5,7-8,12-13,17H,3,6,9-11H2,1-2H3,(H,22,26). The molecule has 0 spiro atoms. The lowest BCUT2D eigenvalue weighted by molar-refractivity contribution is -0.124. The van der Waals surface area contributed by atoms with Crippen LogP contribution in [0.15, 0.2) is 35.7 Å². The number of nitrogens with one attached hydrogen (secondary N) is 1. The predicted octanol–water partition coefficient (Wildman–Crippen LogP) is 3.53. The number of benzene rings is 1. The van der Waals surface area contributed by atoms with Gasteiger partial charge in [0.05, 0.1) is 5.69 Å². The van der Waals surface area contributed by atoms with Crippen LogP contribution in [0.25, 0.3) is 21.6 Å². The molecular formula is C21H24N4O2S. The number of rotatable bonds is 5. The molecule has 3 heterocycles. The van der Waals surface area contributed by atoms with Gasteiger partial charge in [0, 0.05) is 36.4 Å². The highest BCUT2D eigenvalue weighted by atomic mass is 32.1. The van der Waals surface area contributed by atoms with Crippen LogP contribution in [0.3, 0.4) is 0 Å². The fraction of sp³-hybridized carbons (Fsp3) is 0.381. The minimum absolute atomic E-state index is 0.107. The molecule has 1 fully saturated rings. The van der Waals surface area contributed by atoms with E-state index in [4.69, 9.17) is 0 Å². The van der Waals surface area contributed by atoms with Crippen molar-refractivity contribution in [3.05, 3.63) is 41.4 Å². The van der Waals surface area contributed by atoms with Crippen LogP contribution >= 0.6 is 11.3 Å². The van der Waals surface area contributed by atoms with Gasteiger partial charge in [0.15, 0.2) is 0 Å². The molecule has 28 heavy (non-hydrogen) atoms. The summed E-state index contributed by atoms with van der Waals surface area (Å²) >= 11 is 1.48. The molecule has 146 valence electrons. The first kappa shape index (κ1) is 18.7. The van der Waals surface area contributed by atoms with Gasteiger partial charge in [0.1, 0.15) is 16.7 Å². The molecule has 0 radical (unpaired) electrons. The Morgan fingerprint density at radius 3 is 2.93 bits per heavy atom. The van der Waals surface area contributed by atoms with Gasteiger partial charge in [-0.25, -0.2) is 4.98 Å². The van der Waals surface area contributed by atoms with Crippen LogP contribution in [0.2, 0.25) is 0 Å². The van der Waals surface area contributed by atoms with Crippen LogP contribution in [0, 0.1) is 0 Å². The van der Waals surface area contributed by atoms with Crippen LogP contribution in [-0.2, 0) is 11.3 Å². The number of amides is 2. The second kappa shape index (κ2) is 7.75. The number of carbonyl (C=O) groups excluding carboxylic acids is 2. The molecule has 2 aromatic heterocycles. The summed E-state index contributed by atoms with van der Waals surface area (Å²) in [6.45, 7) is 3.65. The Hall–Kier alpha value is -2.67. The number of likely N-dealkylation sites (N-methyl/N-ethyl adjacent to an activating group) is 1.